The van der Waals surface area contributed by atoms with E-state index in [0.29, 0.717) is 0 Å². The second kappa shape index (κ2) is 4.39. The topological polar surface area (TPSA) is 25.8 Å². The number of benzene rings is 2. The fourth-order valence-corrected chi connectivity index (χ4v) is 3.27. The SMILES string of the molecule is Cc1ccc(-c2cc3nc4ccccc4nc3s2)cc1. The van der Waals surface area contributed by atoms with Gasteiger partial charge in [-0.15, -0.1) is 11.3 Å². The van der Waals surface area contributed by atoms with Crippen LogP contribution < -0.4 is 0 Å². The number of aryl methyl sites for hydroxylation is 1. The molecule has 0 N–H and O–H groups in total. The van der Waals surface area contributed by atoms with Gasteiger partial charge in [0, 0.05) is 4.88 Å². The molecule has 0 aliphatic rings. The van der Waals surface area contributed by atoms with Gasteiger partial charge in [-0.3, -0.25) is 0 Å². The molecule has 2 nitrogen and oxygen atoms in total. The summed E-state index contributed by atoms with van der Waals surface area (Å²) in [7, 11) is 0. The van der Waals surface area contributed by atoms with Crippen LogP contribution in [0.1, 0.15) is 5.56 Å². The van der Waals surface area contributed by atoms with Crippen molar-refractivity contribution in [3.63, 3.8) is 0 Å². The molecule has 0 saturated heterocycles. The summed E-state index contributed by atoms with van der Waals surface area (Å²) in [5.74, 6) is 0. The minimum Gasteiger partial charge on any atom is -0.244 e. The molecule has 0 saturated carbocycles. The molecular formula is C17H12N2S. The molecule has 4 rings (SSSR count). The van der Waals surface area contributed by atoms with Crippen LogP contribution in [0.4, 0.5) is 0 Å². The lowest BCUT2D eigenvalue weighted by Gasteiger charge is -1.96. The quantitative estimate of drug-likeness (QED) is 0.498. The molecule has 2 heterocycles. The molecule has 96 valence electrons. The smallest absolute Gasteiger partial charge is 0.143 e. The van der Waals surface area contributed by atoms with Crippen LogP contribution in [-0.2, 0) is 0 Å². The first-order valence-corrected chi connectivity index (χ1v) is 7.35. The van der Waals surface area contributed by atoms with Crippen molar-refractivity contribution in [1.29, 1.82) is 0 Å². The van der Waals surface area contributed by atoms with Gasteiger partial charge in [0.1, 0.15) is 10.3 Å². The van der Waals surface area contributed by atoms with Gasteiger partial charge in [-0.1, -0.05) is 42.0 Å². The molecule has 0 atom stereocenters. The zero-order valence-corrected chi connectivity index (χ0v) is 11.8. The van der Waals surface area contributed by atoms with E-state index in [1.807, 2.05) is 24.3 Å². The van der Waals surface area contributed by atoms with Gasteiger partial charge < -0.3 is 0 Å². The highest BCUT2D eigenvalue weighted by Crippen LogP contribution is 2.32. The summed E-state index contributed by atoms with van der Waals surface area (Å²) in [5.41, 5.74) is 5.39. The van der Waals surface area contributed by atoms with Crippen LogP contribution in [0.5, 0.6) is 0 Å². The van der Waals surface area contributed by atoms with Crippen LogP contribution in [0.3, 0.4) is 0 Å². The van der Waals surface area contributed by atoms with Gasteiger partial charge in [0.2, 0.25) is 0 Å². The van der Waals surface area contributed by atoms with Gasteiger partial charge in [-0.2, -0.15) is 0 Å². The van der Waals surface area contributed by atoms with Crippen LogP contribution in [0.15, 0.2) is 54.6 Å². The Kier molecular flexibility index (Phi) is 2.54. The van der Waals surface area contributed by atoms with Crippen molar-refractivity contribution in [3.8, 4) is 10.4 Å². The Bertz CT molecular complexity index is 855. The minimum absolute atomic E-state index is 0.952. The van der Waals surface area contributed by atoms with Gasteiger partial charge in [-0.25, -0.2) is 9.97 Å². The summed E-state index contributed by atoms with van der Waals surface area (Å²) in [6.07, 6.45) is 0. The fourth-order valence-electron chi connectivity index (χ4n) is 2.28. The lowest BCUT2D eigenvalue weighted by atomic mass is 10.1. The van der Waals surface area contributed by atoms with E-state index in [1.54, 1.807) is 11.3 Å². The highest BCUT2D eigenvalue weighted by atomic mass is 32.1. The molecule has 0 bridgehead atoms. The highest BCUT2D eigenvalue weighted by Gasteiger charge is 2.07. The number of fused-ring (bicyclic) bond motifs is 2. The average molecular weight is 276 g/mol. The first-order valence-electron chi connectivity index (χ1n) is 6.53. The summed E-state index contributed by atoms with van der Waals surface area (Å²) in [5, 5.41) is 0. The standard InChI is InChI=1S/C17H12N2S/c1-11-6-8-12(9-7-11)16-10-15-17(20-16)19-14-5-3-2-4-13(14)18-15/h2-10H,1H3. The fraction of sp³-hybridized carbons (Fsp3) is 0.0588. The van der Waals surface area contributed by atoms with Crippen molar-refractivity contribution in [2.45, 2.75) is 6.92 Å². The molecule has 2 aromatic heterocycles. The van der Waals surface area contributed by atoms with Crippen molar-refractivity contribution >= 4 is 32.7 Å². The molecule has 0 fully saturated rings. The predicted octanol–water partition coefficient (Wildman–Crippen LogP) is 4.82. The van der Waals surface area contributed by atoms with Crippen molar-refractivity contribution in [2.24, 2.45) is 0 Å². The second-order valence-corrected chi connectivity index (χ2v) is 5.91. The van der Waals surface area contributed by atoms with E-state index in [9.17, 15) is 0 Å². The zero-order chi connectivity index (χ0) is 13.5. The monoisotopic (exact) mass is 276 g/mol. The third-order valence-electron chi connectivity index (χ3n) is 3.37. The molecular weight excluding hydrogens is 264 g/mol. The molecule has 0 spiro atoms. The Morgan fingerprint density at radius 2 is 1.50 bits per heavy atom. The Morgan fingerprint density at radius 3 is 2.25 bits per heavy atom. The average Bonchev–Trinajstić information content (AvgIpc) is 2.88. The van der Waals surface area contributed by atoms with Gasteiger partial charge in [0.05, 0.1) is 11.0 Å². The zero-order valence-electron chi connectivity index (χ0n) is 11.0. The summed E-state index contributed by atoms with van der Waals surface area (Å²) in [6, 6.07) is 18.7. The van der Waals surface area contributed by atoms with Crippen LogP contribution in [-0.4, -0.2) is 9.97 Å². The number of aromatic nitrogens is 2. The molecule has 2 aromatic carbocycles. The molecule has 0 amide bonds. The molecule has 3 heteroatoms. The maximum Gasteiger partial charge on any atom is 0.143 e. The van der Waals surface area contributed by atoms with E-state index in [1.165, 1.54) is 16.0 Å². The Morgan fingerprint density at radius 1 is 0.800 bits per heavy atom. The van der Waals surface area contributed by atoms with E-state index < -0.39 is 0 Å². The molecule has 0 radical (unpaired) electrons. The third-order valence-corrected chi connectivity index (χ3v) is 4.44. The van der Waals surface area contributed by atoms with Gasteiger partial charge in [-0.05, 0) is 30.7 Å². The summed E-state index contributed by atoms with van der Waals surface area (Å²) >= 11 is 1.70. The van der Waals surface area contributed by atoms with Crippen molar-refractivity contribution < 1.29 is 0 Å². The van der Waals surface area contributed by atoms with E-state index in [0.717, 1.165) is 21.4 Å². The summed E-state index contributed by atoms with van der Waals surface area (Å²) in [6.45, 7) is 2.10. The van der Waals surface area contributed by atoms with Crippen molar-refractivity contribution in [1.82, 2.24) is 9.97 Å². The van der Waals surface area contributed by atoms with Crippen molar-refractivity contribution in [3.05, 3.63) is 60.2 Å². The summed E-state index contributed by atoms with van der Waals surface area (Å²) < 4.78 is 0. The summed E-state index contributed by atoms with van der Waals surface area (Å²) in [4.78, 5) is 11.6. The lowest BCUT2D eigenvalue weighted by molar-refractivity contribution is 1.42. The first kappa shape index (κ1) is 11.6. The molecule has 0 aliphatic heterocycles. The van der Waals surface area contributed by atoms with Crippen LogP contribution in [0, 0.1) is 6.92 Å². The number of thiophene rings is 1. The lowest BCUT2D eigenvalue weighted by Crippen LogP contribution is -1.81. The highest BCUT2D eigenvalue weighted by molar-refractivity contribution is 7.21. The number of rotatable bonds is 1. The maximum absolute atomic E-state index is 4.70. The molecule has 0 aliphatic carbocycles. The van der Waals surface area contributed by atoms with Crippen molar-refractivity contribution in [2.75, 3.05) is 0 Å². The van der Waals surface area contributed by atoms with Crippen LogP contribution in [0.2, 0.25) is 0 Å². The molecule has 0 unspecified atom stereocenters. The van der Waals surface area contributed by atoms with E-state index in [2.05, 4.69) is 42.2 Å². The van der Waals surface area contributed by atoms with Crippen LogP contribution >= 0.6 is 11.3 Å². The number of hydrogen-bond donors (Lipinski definition) is 0. The number of para-hydroxylation sites is 2. The largest absolute Gasteiger partial charge is 0.244 e. The van der Waals surface area contributed by atoms with Gasteiger partial charge in [0.15, 0.2) is 0 Å². The maximum atomic E-state index is 4.70. The Hall–Kier alpha value is -2.26. The molecule has 4 aromatic rings. The minimum atomic E-state index is 0.952. The van der Waals surface area contributed by atoms with E-state index in [4.69, 9.17) is 4.98 Å². The van der Waals surface area contributed by atoms with E-state index in [-0.39, 0.29) is 0 Å². The molecule has 20 heavy (non-hydrogen) atoms. The number of hydrogen-bond acceptors (Lipinski definition) is 3. The predicted molar refractivity (Wildman–Crippen MR) is 85.1 cm³/mol. The Balaban J connectivity index is 1.93. The number of nitrogens with zero attached hydrogens (tertiary/aromatic N) is 2. The van der Waals surface area contributed by atoms with Crippen LogP contribution in [0.25, 0.3) is 31.8 Å². The van der Waals surface area contributed by atoms with E-state index >= 15 is 0 Å². The Labute approximate surface area is 120 Å². The first-order chi connectivity index (χ1) is 9.79. The van der Waals surface area contributed by atoms with Gasteiger partial charge >= 0.3 is 0 Å². The second-order valence-electron chi connectivity index (χ2n) is 4.88. The third kappa shape index (κ3) is 1.87. The normalized spacial score (nSPS) is 11.2. The van der Waals surface area contributed by atoms with Gasteiger partial charge in [0.25, 0.3) is 0 Å².